The first-order chi connectivity index (χ1) is 17.4. The number of nitrogen functional groups attached to an aromatic ring is 1. The summed E-state index contributed by atoms with van der Waals surface area (Å²) < 4.78 is 16.4. The molecule has 0 aromatic carbocycles. The van der Waals surface area contributed by atoms with Gasteiger partial charge in [-0.25, -0.2) is 4.98 Å². The fourth-order valence-corrected chi connectivity index (χ4v) is 4.36. The molecule has 2 N–H and O–H groups in total. The van der Waals surface area contributed by atoms with E-state index in [1.54, 1.807) is 19.2 Å². The Balaban J connectivity index is 1.68. The highest BCUT2D eigenvalue weighted by Crippen LogP contribution is 2.35. The molecule has 4 rings (SSSR count). The lowest BCUT2D eigenvalue weighted by Crippen LogP contribution is -2.37. The largest absolute Gasteiger partial charge is 0.465 e. The van der Waals surface area contributed by atoms with Crippen molar-refractivity contribution in [3.63, 3.8) is 0 Å². The SMILES string of the molecule is CCOC(=O)CN(Cc1ccnc(N2CCOCC2)c1)c1nc(OC2CCCC2)nc(N)c1[N+](=O)[O-]. The highest BCUT2D eigenvalue weighted by Gasteiger charge is 2.31. The van der Waals surface area contributed by atoms with Crippen LogP contribution in [0, 0.1) is 10.1 Å². The smallest absolute Gasteiger partial charge is 0.353 e. The van der Waals surface area contributed by atoms with Crippen molar-refractivity contribution in [1.82, 2.24) is 15.0 Å². The van der Waals surface area contributed by atoms with Crippen LogP contribution in [-0.4, -0.2) is 71.4 Å². The van der Waals surface area contributed by atoms with Crippen molar-refractivity contribution in [3.05, 3.63) is 34.0 Å². The number of carbonyl (C=O) groups excluding carboxylic acids is 1. The molecular weight excluding hydrogens is 470 g/mol. The van der Waals surface area contributed by atoms with Gasteiger partial charge < -0.3 is 29.7 Å². The molecule has 13 nitrogen and oxygen atoms in total. The molecule has 0 spiro atoms. The van der Waals surface area contributed by atoms with Gasteiger partial charge in [0.1, 0.15) is 18.5 Å². The molecule has 2 aromatic heterocycles. The number of carbonyl (C=O) groups is 1. The van der Waals surface area contributed by atoms with Crippen molar-refractivity contribution < 1.29 is 23.9 Å². The summed E-state index contributed by atoms with van der Waals surface area (Å²) in [6, 6.07) is 3.63. The van der Waals surface area contributed by atoms with Gasteiger partial charge in [0.25, 0.3) is 0 Å². The first-order valence-corrected chi connectivity index (χ1v) is 12.1. The van der Waals surface area contributed by atoms with Gasteiger partial charge in [-0.1, -0.05) is 0 Å². The molecule has 13 heteroatoms. The maximum absolute atomic E-state index is 12.5. The zero-order valence-corrected chi connectivity index (χ0v) is 20.3. The van der Waals surface area contributed by atoms with Crippen molar-refractivity contribution >= 4 is 29.1 Å². The lowest BCUT2D eigenvalue weighted by Gasteiger charge is -2.28. The van der Waals surface area contributed by atoms with Gasteiger partial charge in [-0.2, -0.15) is 9.97 Å². The minimum absolute atomic E-state index is 0.0439. The molecule has 2 fully saturated rings. The monoisotopic (exact) mass is 501 g/mol. The summed E-state index contributed by atoms with van der Waals surface area (Å²) in [6.45, 7) is 4.35. The normalized spacial score (nSPS) is 16.1. The quantitative estimate of drug-likeness (QED) is 0.287. The molecule has 1 saturated heterocycles. The van der Waals surface area contributed by atoms with Gasteiger partial charge in [0, 0.05) is 25.8 Å². The number of ether oxygens (including phenoxy) is 3. The summed E-state index contributed by atoms with van der Waals surface area (Å²) >= 11 is 0. The minimum atomic E-state index is -0.645. The first kappa shape index (κ1) is 25.4. The summed E-state index contributed by atoms with van der Waals surface area (Å²) in [5.41, 5.74) is 6.29. The number of morpholine rings is 1. The van der Waals surface area contributed by atoms with E-state index in [-0.39, 0.29) is 43.4 Å². The lowest BCUT2D eigenvalue weighted by molar-refractivity contribution is -0.383. The van der Waals surface area contributed by atoms with Crippen LogP contribution in [0.3, 0.4) is 0 Å². The number of hydrogen-bond acceptors (Lipinski definition) is 12. The third kappa shape index (κ3) is 6.27. The van der Waals surface area contributed by atoms with Gasteiger partial charge in [0.2, 0.25) is 11.6 Å². The van der Waals surface area contributed by atoms with Crippen LogP contribution in [0.15, 0.2) is 18.3 Å². The van der Waals surface area contributed by atoms with Crippen LogP contribution >= 0.6 is 0 Å². The molecule has 1 aliphatic heterocycles. The van der Waals surface area contributed by atoms with Crippen LogP contribution < -0.4 is 20.3 Å². The van der Waals surface area contributed by atoms with E-state index in [0.29, 0.717) is 26.3 Å². The zero-order chi connectivity index (χ0) is 25.5. The Morgan fingerprint density at radius 1 is 1.31 bits per heavy atom. The van der Waals surface area contributed by atoms with E-state index < -0.39 is 16.6 Å². The van der Waals surface area contributed by atoms with Crippen molar-refractivity contribution in [1.29, 1.82) is 0 Å². The molecule has 2 aromatic rings. The van der Waals surface area contributed by atoms with Gasteiger partial charge in [0.15, 0.2) is 0 Å². The van der Waals surface area contributed by atoms with Crippen LogP contribution in [0.2, 0.25) is 0 Å². The average Bonchev–Trinajstić information content (AvgIpc) is 3.37. The van der Waals surface area contributed by atoms with Crippen LogP contribution in [0.4, 0.5) is 23.1 Å². The van der Waals surface area contributed by atoms with E-state index in [9.17, 15) is 14.9 Å². The number of aromatic nitrogens is 3. The fraction of sp³-hybridized carbons (Fsp3) is 0.565. The van der Waals surface area contributed by atoms with E-state index in [1.165, 1.54) is 4.90 Å². The maximum atomic E-state index is 12.5. The molecule has 2 aliphatic rings. The standard InChI is InChI=1S/C23H31N7O6/c1-2-35-19(31)15-29(14-16-7-8-25-18(13-16)28-9-11-34-12-10-28)22-20(30(32)33)21(24)26-23(27-22)36-17-5-3-4-6-17/h7-8,13,17H,2-6,9-12,14-15H2,1H3,(H2,24,26,27). The number of esters is 1. The number of nitro groups is 1. The topological polar surface area (TPSA) is 159 Å². The second-order valence-corrected chi connectivity index (χ2v) is 8.63. The molecule has 0 radical (unpaired) electrons. The number of rotatable bonds is 10. The van der Waals surface area contributed by atoms with E-state index >= 15 is 0 Å². The Labute approximate surface area is 208 Å². The van der Waals surface area contributed by atoms with Gasteiger partial charge in [-0.15, -0.1) is 0 Å². The Morgan fingerprint density at radius 3 is 2.75 bits per heavy atom. The second kappa shape index (κ2) is 11.8. The third-order valence-corrected chi connectivity index (χ3v) is 6.07. The van der Waals surface area contributed by atoms with Crippen LogP contribution in [0.1, 0.15) is 38.2 Å². The number of nitrogens with zero attached hydrogens (tertiary/aromatic N) is 6. The van der Waals surface area contributed by atoms with Crippen molar-refractivity contribution in [2.45, 2.75) is 45.3 Å². The molecule has 194 valence electrons. The average molecular weight is 502 g/mol. The summed E-state index contributed by atoms with van der Waals surface area (Å²) in [6.07, 6.45) is 5.35. The molecular formula is C23H31N7O6. The number of hydrogen-bond donors (Lipinski definition) is 1. The van der Waals surface area contributed by atoms with Gasteiger partial charge in [-0.3, -0.25) is 14.9 Å². The van der Waals surface area contributed by atoms with Crippen molar-refractivity contribution in [3.8, 4) is 6.01 Å². The number of pyridine rings is 1. The third-order valence-electron chi connectivity index (χ3n) is 6.07. The summed E-state index contributed by atoms with van der Waals surface area (Å²) in [5, 5.41) is 12.0. The molecule has 1 saturated carbocycles. The molecule has 0 atom stereocenters. The zero-order valence-electron chi connectivity index (χ0n) is 20.3. The molecule has 0 amide bonds. The fourth-order valence-electron chi connectivity index (χ4n) is 4.36. The van der Waals surface area contributed by atoms with E-state index in [2.05, 4.69) is 19.9 Å². The maximum Gasteiger partial charge on any atom is 0.353 e. The lowest BCUT2D eigenvalue weighted by atomic mass is 10.2. The van der Waals surface area contributed by atoms with Gasteiger partial charge in [-0.05, 0) is 50.3 Å². The van der Waals surface area contributed by atoms with E-state index in [1.807, 2.05) is 6.07 Å². The van der Waals surface area contributed by atoms with Crippen LogP contribution in [0.5, 0.6) is 6.01 Å². The highest BCUT2D eigenvalue weighted by molar-refractivity contribution is 5.78. The van der Waals surface area contributed by atoms with Crippen LogP contribution in [0.25, 0.3) is 0 Å². The van der Waals surface area contributed by atoms with E-state index in [4.69, 9.17) is 19.9 Å². The van der Waals surface area contributed by atoms with E-state index in [0.717, 1.165) is 37.1 Å². The molecule has 3 heterocycles. The highest BCUT2D eigenvalue weighted by atomic mass is 16.6. The minimum Gasteiger partial charge on any atom is -0.465 e. The summed E-state index contributed by atoms with van der Waals surface area (Å²) in [5.74, 6) is -0.215. The first-order valence-electron chi connectivity index (χ1n) is 12.1. The Hall–Kier alpha value is -3.74. The molecule has 36 heavy (non-hydrogen) atoms. The predicted molar refractivity (Wildman–Crippen MR) is 131 cm³/mol. The second-order valence-electron chi connectivity index (χ2n) is 8.63. The van der Waals surface area contributed by atoms with Crippen molar-refractivity contribution in [2.24, 2.45) is 0 Å². The Kier molecular flexibility index (Phi) is 8.31. The summed E-state index contributed by atoms with van der Waals surface area (Å²) in [4.78, 5) is 40.2. The predicted octanol–water partition coefficient (Wildman–Crippen LogP) is 2.09. The Bertz CT molecular complexity index is 1070. The summed E-state index contributed by atoms with van der Waals surface area (Å²) in [7, 11) is 0. The van der Waals surface area contributed by atoms with Gasteiger partial charge in [0.05, 0.1) is 24.7 Å². The molecule has 0 bridgehead atoms. The molecule has 0 unspecified atom stereocenters. The van der Waals surface area contributed by atoms with Crippen LogP contribution in [-0.2, 0) is 20.8 Å². The van der Waals surface area contributed by atoms with Crippen molar-refractivity contribution in [2.75, 3.05) is 55.0 Å². The number of nitrogens with two attached hydrogens (primary N) is 1. The van der Waals surface area contributed by atoms with Gasteiger partial charge >= 0.3 is 17.7 Å². The Morgan fingerprint density at radius 2 is 2.06 bits per heavy atom. The number of anilines is 3. The molecule has 1 aliphatic carbocycles.